The maximum atomic E-state index is 13.9. The van der Waals surface area contributed by atoms with E-state index in [0.717, 1.165) is 16.7 Å². The minimum Gasteiger partial charge on any atom is -0.508 e. The number of carbonyl (C=O) groups excluding carboxylic acids is 3. The highest BCUT2D eigenvalue weighted by Gasteiger charge is 2.64. The molecule has 38 heavy (non-hydrogen) atoms. The molecule has 4 atom stereocenters. The molecule has 1 amide bonds. The first-order valence-corrected chi connectivity index (χ1v) is 12.2. The van der Waals surface area contributed by atoms with Crippen molar-refractivity contribution in [3.63, 3.8) is 0 Å². The van der Waals surface area contributed by atoms with Crippen LogP contribution in [0.15, 0.2) is 53.3 Å². The lowest BCUT2D eigenvalue weighted by Gasteiger charge is -2.50. The number of rotatable bonds is 4. The van der Waals surface area contributed by atoms with Gasteiger partial charge in [0.1, 0.15) is 22.8 Å². The largest absolute Gasteiger partial charge is 0.508 e. The molecule has 1 fully saturated rings. The van der Waals surface area contributed by atoms with Crippen molar-refractivity contribution >= 4 is 23.2 Å². The number of aliphatic hydroxyl groups excluding tert-OH is 2. The Morgan fingerprint density at radius 1 is 1.08 bits per heavy atom. The minimum atomic E-state index is -2.66. The van der Waals surface area contributed by atoms with E-state index in [-0.39, 0.29) is 29.7 Å². The Morgan fingerprint density at radius 2 is 1.74 bits per heavy atom. The van der Waals surface area contributed by atoms with Gasteiger partial charge in [0.2, 0.25) is 5.78 Å². The number of phenolic OH excluding ortho intramolecular Hbond substituents is 1. The van der Waals surface area contributed by atoms with Crippen molar-refractivity contribution < 1.29 is 34.8 Å². The zero-order chi connectivity index (χ0) is 27.7. The molecule has 0 aromatic heterocycles. The van der Waals surface area contributed by atoms with E-state index in [0.29, 0.717) is 12.1 Å². The average Bonchev–Trinajstić information content (AvgIpc) is 2.86. The van der Waals surface area contributed by atoms with E-state index in [4.69, 9.17) is 11.5 Å². The fraction of sp³-hybridized carbons (Fsp3) is 0.321. The van der Waals surface area contributed by atoms with Crippen LogP contribution >= 0.6 is 0 Å². The molecule has 0 saturated heterocycles. The molecule has 1 saturated carbocycles. The van der Waals surface area contributed by atoms with E-state index in [1.54, 1.807) is 20.2 Å². The quantitative estimate of drug-likeness (QED) is 0.321. The van der Waals surface area contributed by atoms with Gasteiger partial charge in [-0.15, -0.1) is 0 Å². The van der Waals surface area contributed by atoms with E-state index in [1.165, 1.54) is 11.0 Å². The van der Waals surface area contributed by atoms with E-state index in [9.17, 15) is 34.8 Å². The molecule has 2 aromatic carbocycles. The number of phenols is 1. The Kier molecular flexibility index (Phi) is 5.94. The topological polar surface area (TPSA) is 187 Å². The molecule has 0 bridgehead atoms. The summed E-state index contributed by atoms with van der Waals surface area (Å²) in [6.45, 7) is 0.375. The molecule has 3 aliphatic rings. The summed E-state index contributed by atoms with van der Waals surface area (Å²) in [5.41, 5.74) is 10.6. The van der Waals surface area contributed by atoms with Crippen LogP contribution in [0.3, 0.4) is 0 Å². The van der Waals surface area contributed by atoms with Gasteiger partial charge >= 0.3 is 0 Å². The lowest BCUT2D eigenvalue weighted by Crippen LogP contribution is -2.65. The molecule has 0 heterocycles. The van der Waals surface area contributed by atoms with Gasteiger partial charge in [0.15, 0.2) is 11.4 Å². The number of aliphatic hydroxyl groups is 3. The van der Waals surface area contributed by atoms with Crippen LogP contribution < -0.4 is 11.5 Å². The van der Waals surface area contributed by atoms with Gasteiger partial charge < -0.3 is 31.9 Å². The number of likely N-dealkylation sites (N-methyl/N-ethyl adjacent to an activating group) is 1. The number of hydrogen-bond acceptors (Lipinski definition) is 9. The van der Waals surface area contributed by atoms with Crippen molar-refractivity contribution in [2.24, 2.45) is 23.3 Å². The molecule has 5 rings (SSSR count). The highest BCUT2D eigenvalue weighted by atomic mass is 16.3. The molecule has 0 spiro atoms. The third-order valence-corrected chi connectivity index (χ3v) is 8.10. The number of Topliss-reactive ketones (excluding diaryl/α,β-unsaturated/α-hetero) is 2. The zero-order valence-electron chi connectivity index (χ0n) is 20.9. The molecule has 4 unspecified atom stereocenters. The number of hydrogen-bond donors (Lipinski definition) is 6. The summed E-state index contributed by atoms with van der Waals surface area (Å²) in [6, 6.07) is 9.53. The monoisotopic (exact) mass is 519 g/mol. The normalized spacial score (nSPS) is 26.8. The zero-order valence-corrected chi connectivity index (χ0v) is 20.9. The number of nitrogens with two attached hydrogens (primary N) is 2. The number of nitrogens with zero attached hydrogens (tertiary/aromatic N) is 1. The van der Waals surface area contributed by atoms with Crippen LogP contribution in [0.1, 0.15) is 23.1 Å². The fourth-order valence-electron chi connectivity index (χ4n) is 6.33. The second-order valence-electron chi connectivity index (χ2n) is 10.3. The average molecular weight is 520 g/mol. The summed E-state index contributed by atoms with van der Waals surface area (Å²) >= 11 is 0. The summed E-state index contributed by atoms with van der Waals surface area (Å²) in [4.78, 5) is 40.6. The van der Waals surface area contributed by atoms with Crippen LogP contribution in [0.5, 0.6) is 5.75 Å². The molecule has 10 nitrogen and oxygen atoms in total. The van der Waals surface area contributed by atoms with Crippen molar-refractivity contribution in [3.05, 3.63) is 70.0 Å². The number of ketones is 2. The molecule has 0 radical (unpaired) electrons. The lowest BCUT2D eigenvalue weighted by molar-refractivity contribution is -0.153. The summed E-state index contributed by atoms with van der Waals surface area (Å²) < 4.78 is 0. The molecular weight excluding hydrogens is 490 g/mol. The Balaban J connectivity index is 1.72. The second kappa shape index (κ2) is 8.80. The van der Waals surface area contributed by atoms with Gasteiger partial charge in [-0.1, -0.05) is 30.3 Å². The Bertz CT molecular complexity index is 1460. The molecule has 2 aromatic rings. The third-order valence-electron chi connectivity index (χ3n) is 8.10. The van der Waals surface area contributed by atoms with E-state index in [1.807, 2.05) is 24.3 Å². The van der Waals surface area contributed by atoms with E-state index >= 15 is 0 Å². The van der Waals surface area contributed by atoms with Crippen molar-refractivity contribution in [2.75, 3.05) is 14.1 Å². The molecule has 3 aliphatic carbocycles. The summed E-state index contributed by atoms with van der Waals surface area (Å²) in [7, 11) is 3.13. The van der Waals surface area contributed by atoms with Gasteiger partial charge in [0.05, 0.1) is 11.6 Å². The van der Waals surface area contributed by atoms with Crippen LogP contribution in [0.25, 0.3) is 16.9 Å². The van der Waals surface area contributed by atoms with Crippen molar-refractivity contribution in [1.29, 1.82) is 0 Å². The maximum Gasteiger partial charge on any atom is 0.255 e. The lowest BCUT2D eigenvalue weighted by atomic mass is 9.57. The Labute approximate surface area is 218 Å². The van der Waals surface area contributed by atoms with Gasteiger partial charge in [0.25, 0.3) is 5.91 Å². The summed E-state index contributed by atoms with van der Waals surface area (Å²) in [5, 5.41) is 44.7. The highest BCUT2D eigenvalue weighted by molar-refractivity contribution is 6.24. The molecule has 0 aliphatic heterocycles. The number of primary amides is 1. The van der Waals surface area contributed by atoms with E-state index < -0.39 is 58.0 Å². The van der Waals surface area contributed by atoms with Gasteiger partial charge in [-0.05, 0) is 61.2 Å². The van der Waals surface area contributed by atoms with Crippen LogP contribution in [0, 0.1) is 11.8 Å². The standard InChI is InChI=1S/C28H29N3O7/c1-31(2)22-17-10-14-9-16-15(13-5-3-12(11-29)4-6-13)7-8-18(32)20(16)23(33)19(14)25(35)28(17,38)26(36)21(24(22)34)27(30)37/h3-8,14,17,22,32-33,36,38H,9-11,29H2,1-2H3,(H2,30,37). The SMILES string of the molecule is CN(C)C1C(=O)C(C(N)=O)=C(O)C2(O)C(=O)C3=C(O)c4c(O)ccc(-c5ccc(CN)cc5)c4CC3CC12. The van der Waals surface area contributed by atoms with Gasteiger partial charge in [0, 0.05) is 18.0 Å². The van der Waals surface area contributed by atoms with E-state index in [2.05, 4.69) is 0 Å². The summed E-state index contributed by atoms with van der Waals surface area (Å²) in [5.74, 6) is -6.71. The smallest absolute Gasteiger partial charge is 0.255 e. The van der Waals surface area contributed by atoms with Crippen LogP contribution in [0.2, 0.25) is 0 Å². The van der Waals surface area contributed by atoms with Gasteiger partial charge in [-0.2, -0.15) is 0 Å². The van der Waals surface area contributed by atoms with Crippen molar-refractivity contribution in [2.45, 2.75) is 31.0 Å². The number of amides is 1. The van der Waals surface area contributed by atoms with Crippen LogP contribution in [-0.2, 0) is 27.3 Å². The number of carbonyl (C=O) groups is 3. The molecular formula is C28H29N3O7. The first-order valence-electron chi connectivity index (χ1n) is 12.2. The summed E-state index contributed by atoms with van der Waals surface area (Å²) in [6.07, 6.45) is 0.254. The highest BCUT2D eigenvalue weighted by Crippen LogP contribution is 2.53. The van der Waals surface area contributed by atoms with Gasteiger partial charge in [-0.3, -0.25) is 19.3 Å². The number of aromatic hydroxyl groups is 1. The Morgan fingerprint density at radius 3 is 2.32 bits per heavy atom. The van der Waals surface area contributed by atoms with Crippen LogP contribution in [-0.4, -0.2) is 68.5 Å². The van der Waals surface area contributed by atoms with Gasteiger partial charge in [-0.25, -0.2) is 0 Å². The maximum absolute atomic E-state index is 13.9. The fourth-order valence-corrected chi connectivity index (χ4v) is 6.33. The predicted octanol–water partition coefficient (Wildman–Crippen LogP) is 1.09. The molecule has 8 N–H and O–H groups in total. The first-order chi connectivity index (χ1) is 17.9. The Hall–Kier alpha value is -3.99. The number of fused-ring (bicyclic) bond motifs is 3. The van der Waals surface area contributed by atoms with Crippen molar-refractivity contribution in [3.8, 4) is 16.9 Å². The first kappa shape index (κ1) is 25.7. The molecule has 10 heteroatoms. The third kappa shape index (κ3) is 3.41. The minimum absolute atomic E-state index is 0.0347. The van der Waals surface area contributed by atoms with Crippen molar-refractivity contribution in [1.82, 2.24) is 4.90 Å². The molecule has 198 valence electrons. The number of benzene rings is 2. The predicted molar refractivity (Wildman–Crippen MR) is 138 cm³/mol. The van der Waals surface area contributed by atoms with Crippen LogP contribution in [0.4, 0.5) is 0 Å². The second-order valence-corrected chi connectivity index (χ2v) is 10.3.